The molecule has 4 nitrogen and oxygen atoms in total. The molecule has 0 unspecified atom stereocenters. The number of nitriles is 1. The topological polar surface area (TPSA) is 61.2 Å². The molecule has 1 saturated carbocycles. The van der Waals surface area contributed by atoms with Crippen LogP contribution in [0.5, 0.6) is 0 Å². The number of hydrogen-bond acceptors (Lipinski definition) is 3. The van der Waals surface area contributed by atoms with Crippen molar-refractivity contribution >= 4 is 11.7 Å². The highest BCUT2D eigenvalue weighted by atomic mass is 16.2. The molecule has 0 spiro atoms. The van der Waals surface area contributed by atoms with E-state index in [1.54, 1.807) is 17.0 Å². The van der Waals surface area contributed by atoms with Gasteiger partial charge in [0.15, 0.2) is 5.78 Å². The molecule has 0 heterocycles. The Balaban J connectivity index is 1.86. The van der Waals surface area contributed by atoms with Gasteiger partial charge in [-0.25, -0.2) is 0 Å². The zero-order valence-corrected chi connectivity index (χ0v) is 12.3. The summed E-state index contributed by atoms with van der Waals surface area (Å²) >= 11 is 0. The van der Waals surface area contributed by atoms with Gasteiger partial charge in [0.2, 0.25) is 5.91 Å². The maximum absolute atomic E-state index is 12.2. The van der Waals surface area contributed by atoms with E-state index < -0.39 is 0 Å². The van der Waals surface area contributed by atoms with Crippen LogP contribution in [0.15, 0.2) is 24.3 Å². The average molecular weight is 284 g/mol. The van der Waals surface area contributed by atoms with Crippen LogP contribution in [0.3, 0.4) is 0 Å². The summed E-state index contributed by atoms with van der Waals surface area (Å²) in [6, 6.07) is 9.77. The number of rotatable bonds is 7. The lowest BCUT2D eigenvalue weighted by molar-refractivity contribution is -0.131. The van der Waals surface area contributed by atoms with E-state index in [4.69, 9.17) is 5.26 Å². The Bertz CT molecular complexity index is 553. The average Bonchev–Trinajstić information content (AvgIpc) is 3.30. The van der Waals surface area contributed by atoms with Gasteiger partial charge in [-0.3, -0.25) is 9.59 Å². The van der Waals surface area contributed by atoms with Gasteiger partial charge in [0, 0.05) is 31.0 Å². The van der Waals surface area contributed by atoms with Crippen molar-refractivity contribution in [2.24, 2.45) is 0 Å². The SMILES string of the molecule is Cc1ccc(C(=O)CCC(=O)N(CCC#N)C2CC2)cc1. The summed E-state index contributed by atoms with van der Waals surface area (Å²) in [7, 11) is 0. The van der Waals surface area contributed by atoms with Gasteiger partial charge in [-0.05, 0) is 19.8 Å². The number of amides is 1. The lowest BCUT2D eigenvalue weighted by Gasteiger charge is -2.21. The van der Waals surface area contributed by atoms with E-state index in [9.17, 15) is 9.59 Å². The molecule has 1 aromatic rings. The van der Waals surface area contributed by atoms with Gasteiger partial charge in [0.25, 0.3) is 0 Å². The van der Waals surface area contributed by atoms with E-state index in [1.165, 1.54) is 0 Å². The molecular weight excluding hydrogens is 264 g/mol. The van der Waals surface area contributed by atoms with E-state index in [1.807, 2.05) is 19.1 Å². The third kappa shape index (κ3) is 4.42. The number of benzene rings is 1. The summed E-state index contributed by atoms with van der Waals surface area (Å²) in [6.07, 6.45) is 2.85. The molecule has 4 heteroatoms. The second-order valence-electron chi connectivity index (χ2n) is 5.52. The molecule has 0 aliphatic heterocycles. The summed E-state index contributed by atoms with van der Waals surface area (Å²) in [5, 5.41) is 8.65. The van der Waals surface area contributed by atoms with Crippen LogP contribution in [0.1, 0.15) is 48.0 Å². The molecule has 1 aromatic carbocycles. The maximum Gasteiger partial charge on any atom is 0.223 e. The van der Waals surface area contributed by atoms with Gasteiger partial charge >= 0.3 is 0 Å². The van der Waals surface area contributed by atoms with Crippen LogP contribution >= 0.6 is 0 Å². The summed E-state index contributed by atoms with van der Waals surface area (Å²) < 4.78 is 0. The number of nitrogens with zero attached hydrogens (tertiary/aromatic N) is 2. The zero-order chi connectivity index (χ0) is 15.2. The number of aryl methyl sites for hydroxylation is 1. The highest BCUT2D eigenvalue weighted by Crippen LogP contribution is 2.27. The van der Waals surface area contributed by atoms with Crippen LogP contribution in [0.4, 0.5) is 0 Å². The molecule has 21 heavy (non-hydrogen) atoms. The van der Waals surface area contributed by atoms with Crippen molar-refractivity contribution in [3.05, 3.63) is 35.4 Å². The van der Waals surface area contributed by atoms with Crippen LogP contribution in [0.2, 0.25) is 0 Å². The third-order valence-electron chi connectivity index (χ3n) is 3.71. The predicted octanol–water partition coefficient (Wildman–Crippen LogP) is 2.86. The minimum atomic E-state index is -0.00629. The fourth-order valence-electron chi connectivity index (χ4n) is 2.32. The van der Waals surface area contributed by atoms with Crippen molar-refractivity contribution in [2.75, 3.05) is 6.54 Å². The first-order valence-electron chi connectivity index (χ1n) is 7.38. The number of ketones is 1. The Morgan fingerprint density at radius 1 is 1.24 bits per heavy atom. The van der Waals surface area contributed by atoms with E-state index >= 15 is 0 Å². The lowest BCUT2D eigenvalue weighted by atomic mass is 10.0. The summed E-state index contributed by atoms with van der Waals surface area (Å²) in [4.78, 5) is 26.0. The molecule has 0 aromatic heterocycles. The number of carbonyl (C=O) groups excluding carboxylic acids is 2. The summed E-state index contributed by atoms with van der Waals surface area (Å²) in [5.41, 5.74) is 1.77. The number of carbonyl (C=O) groups is 2. The van der Waals surface area contributed by atoms with Crippen molar-refractivity contribution in [3.63, 3.8) is 0 Å². The van der Waals surface area contributed by atoms with E-state index in [-0.39, 0.29) is 24.5 Å². The molecule has 0 atom stereocenters. The van der Waals surface area contributed by atoms with Crippen LogP contribution in [0, 0.1) is 18.3 Å². The molecule has 1 aliphatic carbocycles. The fourth-order valence-corrected chi connectivity index (χ4v) is 2.32. The molecule has 1 fully saturated rings. The Labute approximate surface area is 125 Å². The van der Waals surface area contributed by atoms with Crippen LogP contribution in [0.25, 0.3) is 0 Å². The van der Waals surface area contributed by atoms with Crippen molar-refractivity contribution < 1.29 is 9.59 Å². The molecule has 110 valence electrons. The Kier molecular flexibility index (Phi) is 5.10. The first-order chi connectivity index (χ1) is 10.1. The van der Waals surface area contributed by atoms with Crippen LogP contribution < -0.4 is 0 Å². The van der Waals surface area contributed by atoms with Crippen LogP contribution in [-0.2, 0) is 4.79 Å². The molecule has 0 saturated heterocycles. The molecule has 0 N–H and O–H groups in total. The Morgan fingerprint density at radius 2 is 1.90 bits per heavy atom. The first-order valence-corrected chi connectivity index (χ1v) is 7.38. The summed E-state index contributed by atoms with van der Waals surface area (Å²) in [5.74, 6) is -0.00686. The smallest absolute Gasteiger partial charge is 0.223 e. The summed E-state index contributed by atoms with van der Waals surface area (Å²) in [6.45, 7) is 2.46. The highest BCUT2D eigenvalue weighted by Gasteiger charge is 2.31. The predicted molar refractivity (Wildman–Crippen MR) is 79.7 cm³/mol. The first kappa shape index (κ1) is 15.2. The van der Waals surface area contributed by atoms with Crippen molar-refractivity contribution in [1.29, 1.82) is 5.26 Å². The van der Waals surface area contributed by atoms with E-state index in [0.29, 0.717) is 24.6 Å². The van der Waals surface area contributed by atoms with Gasteiger partial charge in [-0.2, -0.15) is 5.26 Å². The van der Waals surface area contributed by atoms with Gasteiger partial charge < -0.3 is 4.90 Å². The number of hydrogen-bond donors (Lipinski definition) is 0. The normalized spacial score (nSPS) is 13.5. The quantitative estimate of drug-likeness (QED) is 0.723. The maximum atomic E-state index is 12.2. The zero-order valence-electron chi connectivity index (χ0n) is 12.3. The van der Waals surface area contributed by atoms with Crippen molar-refractivity contribution in [1.82, 2.24) is 4.90 Å². The molecule has 1 aliphatic rings. The van der Waals surface area contributed by atoms with Gasteiger partial charge in [0.1, 0.15) is 0 Å². The van der Waals surface area contributed by atoms with Gasteiger partial charge in [-0.1, -0.05) is 29.8 Å². The third-order valence-corrected chi connectivity index (χ3v) is 3.71. The second kappa shape index (κ2) is 7.03. The van der Waals surface area contributed by atoms with Gasteiger partial charge in [0.05, 0.1) is 12.5 Å². The van der Waals surface area contributed by atoms with E-state index in [2.05, 4.69) is 6.07 Å². The van der Waals surface area contributed by atoms with Crippen LogP contribution in [-0.4, -0.2) is 29.2 Å². The molecule has 2 rings (SSSR count). The fraction of sp³-hybridized carbons (Fsp3) is 0.471. The Hall–Kier alpha value is -2.15. The molecular formula is C17H20N2O2. The number of Topliss-reactive ketones (excluding diaryl/α,β-unsaturated/α-hetero) is 1. The van der Waals surface area contributed by atoms with Crippen molar-refractivity contribution in [2.45, 2.75) is 45.1 Å². The minimum Gasteiger partial charge on any atom is -0.339 e. The van der Waals surface area contributed by atoms with Crippen molar-refractivity contribution in [3.8, 4) is 6.07 Å². The second-order valence-corrected chi connectivity index (χ2v) is 5.52. The van der Waals surface area contributed by atoms with E-state index in [0.717, 1.165) is 18.4 Å². The molecule has 0 radical (unpaired) electrons. The molecule has 0 bridgehead atoms. The Morgan fingerprint density at radius 3 is 2.48 bits per heavy atom. The monoisotopic (exact) mass is 284 g/mol. The highest BCUT2D eigenvalue weighted by molar-refractivity contribution is 5.98. The minimum absolute atomic E-state index is 0.000574. The molecule has 1 amide bonds. The van der Waals surface area contributed by atoms with Gasteiger partial charge in [-0.15, -0.1) is 0 Å². The lowest BCUT2D eigenvalue weighted by Crippen LogP contribution is -2.34. The standard InChI is InChI=1S/C17H20N2O2/c1-13-3-5-14(6-4-13)16(20)9-10-17(21)19(12-2-11-18)15-7-8-15/h3-6,15H,2,7-10,12H2,1H3. The largest absolute Gasteiger partial charge is 0.339 e.